The molecule has 20 heavy (non-hydrogen) atoms. The lowest BCUT2D eigenvalue weighted by molar-refractivity contribution is -0.384. The van der Waals surface area contributed by atoms with E-state index < -0.39 is 16.8 Å². The summed E-state index contributed by atoms with van der Waals surface area (Å²) in [6.45, 7) is -0.245. The van der Waals surface area contributed by atoms with Gasteiger partial charge in [0.25, 0.3) is 11.6 Å². The number of fused-ring (bicyclic) bond motifs is 1. The molecule has 1 aromatic carbocycles. The van der Waals surface area contributed by atoms with E-state index in [1.54, 1.807) is 12.1 Å². The van der Waals surface area contributed by atoms with Gasteiger partial charge >= 0.3 is 5.97 Å². The minimum absolute atomic E-state index is 0.0686. The summed E-state index contributed by atoms with van der Waals surface area (Å²) in [5.41, 5.74) is 0.618. The number of nitrogens with zero attached hydrogens (tertiary/aromatic N) is 1. The summed E-state index contributed by atoms with van der Waals surface area (Å²) >= 11 is 0. The highest BCUT2D eigenvalue weighted by atomic mass is 16.6. The van der Waals surface area contributed by atoms with Crippen molar-refractivity contribution in [3.63, 3.8) is 0 Å². The van der Waals surface area contributed by atoms with Crippen molar-refractivity contribution in [3.8, 4) is 0 Å². The largest absolute Gasteiger partial charge is 0.468 e. The molecule has 1 aromatic heterocycles. The molecule has 0 aliphatic rings. The summed E-state index contributed by atoms with van der Waals surface area (Å²) < 4.78 is 4.40. The van der Waals surface area contributed by atoms with E-state index in [-0.39, 0.29) is 17.9 Å². The van der Waals surface area contributed by atoms with Gasteiger partial charge in [0.1, 0.15) is 12.2 Å². The lowest BCUT2D eigenvalue weighted by atomic mass is 10.2. The van der Waals surface area contributed by atoms with Gasteiger partial charge in [0.05, 0.1) is 17.5 Å². The molecule has 2 N–H and O–H groups in total. The molecule has 0 aliphatic carbocycles. The van der Waals surface area contributed by atoms with Crippen LogP contribution < -0.4 is 5.32 Å². The molecule has 2 aromatic rings. The fourth-order valence-corrected chi connectivity index (χ4v) is 1.67. The lowest BCUT2D eigenvalue weighted by Crippen LogP contribution is -2.30. The monoisotopic (exact) mass is 277 g/mol. The molecule has 0 fully saturated rings. The summed E-state index contributed by atoms with van der Waals surface area (Å²) in [6, 6.07) is 5.78. The Morgan fingerprint density at radius 2 is 2.15 bits per heavy atom. The summed E-state index contributed by atoms with van der Waals surface area (Å²) in [5, 5.41) is 13.7. The molecular weight excluding hydrogens is 266 g/mol. The van der Waals surface area contributed by atoms with E-state index in [4.69, 9.17) is 0 Å². The number of aromatic amines is 1. The number of ether oxygens (including phenoxy) is 1. The number of rotatable bonds is 4. The number of nitrogens with one attached hydrogen (secondary N) is 2. The zero-order chi connectivity index (χ0) is 14.7. The summed E-state index contributed by atoms with van der Waals surface area (Å²) in [6.07, 6.45) is 0. The van der Waals surface area contributed by atoms with E-state index in [2.05, 4.69) is 15.0 Å². The molecule has 0 radical (unpaired) electrons. The molecule has 1 heterocycles. The molecule has 0 saturated heterocycles. The van der Waals surface area contributed by atoms with Crippen LogP contribution in [0.25, 0.3) is 10.9 Å². The Hall–Kier alpha value is -2.90. The first kappa shape index (κ1) is 13.5. The number of esters is 1. The van der Waals surface area contributed by atoms with Crippen LogP contribution in [0.4, 0.5) is 5.69 Å². The highest BCUT2D eigenvalue weighted by Crippen LogP contribution is 2.21. The van der Waals surface area contributed by atoms with Gasteiger partial charge in [-0.3, -0.25) is 19.7 Å². The van der Waals surface area contributed by atoms with E-state index >= 15 is 0 Å². The minimum atomic E-state index is -0.565. The predicted octanol–water partition coefficient (Wildman–Crippen LogP) is 0.979. The van der Waals surface area contributed by atoms with Crippen LogP contribution in [-0.2, 0) is 9.53 Å². The molecule has 0 saturated carbocycles. The first-order chi connectivity index (χ1) is 9.51. The minimum Gasteiger partial charge on any atom is -0.468 e. The number of amides is 1. The quantitative estimate of drug-likeness (QED) is 0.491. The highest BCUT2D eigenvalue weighted by molar-refractivity contribution is 5.99. The van der Waals surface area contributed by atoms with E-state index in [0.29, 0.717) is 10.9 Å². The molecule has 2 rings (SSSR count). The molecule has 0 bridgehead atoms. The van der Waals surface area contributed by atoms with E-state index in [1.807, 2.05) is 0 Å². The maximum Gasteiger partial charge on any atom is 0.325 e. The Labute approximate surface area is 112 Å². The molecule has 1 amide bonds. The van der Waals surface area contributed by atoms with Crippen molar-refractivity contribution in [2.75, 3.05) is 13.7 Å². The van der Waals surface area contributed by atoms with Crippen LogP contribution in [-0.4, -0.2) is 35.4 Å². The van der Waals surface area contributed by atoms with Gasteiger partial charge in [0, 0.05) is 17.5 Å². The zero-order valence-electron chi connectivity index (χ0n) is 10.5. The summed E-state index contributed by atoms with van der Waals surface area (Å²) in [7, 11) is 1.22. The predicted molar refractivity (Wildman–Crippen MR) is 69.3 cm³/mol. The van der Waals surface area contributed by atoms with Crippen LogP contribution in [0.2, 0.25) is 0 Å². The summed E-state index contributed by atoms with van der Waals surface area (Å²) in [5.74, 6) is -1.06. The smallest absolute Gasteiger partial charge is 0.325 e. The number of hydrogen-bond donors (Lipinski definition) is 2. The Kier molecular flexibility index (Phi) is 3.65. The van der Waals surface area contributed by atoms with Crippen molar-refractivity contribution >= 4 is 28.5 Å². The molecule has 104 valence electrons. The SMILES string of the molecule is COC(=O)CNC(=O)c1cc2ccc([N+](=O)[O-])cc2[nH]1. The molecule has 0 unspecified atom stereocenters. The molecule has 8 heteroatoms. The standard InChI is InChI=1S/C12H11N3O5/c1-20-11(16)6-13-12(17)10-4-7-2-3-8(15(18)19)5-9(7)14-10/h2-5,14H,6H2,1H3,(H,13,17). The zero-order valence-corrected chi connectivity index (χ0v) is 10.5. The Morgan fingerprint density at radius 3 is 2.80 bits per heavy atom. The van der Waals surface area contributed by atoms with Crippen molar-refractivity contribution in [2.24, 2.45) is 0 Å². The second-order valence-electron chi connectivity index (χ2n) is 3.97. The van der Waals surface area contributed by atoms with Gasteiger partial charge in [-0.2, -0.15) is 0 Å². The molecule has 0 aliphatic heterocycles. The van der Waals surface area contributed by atoms with Crippen molar-refractivity contribution in [2.45, 2.75) is 0 Å². The molecule has 0 atom stereocenters. The molecular formula is C12H11N3O5. The van der Waals surface area contributed by atoms with Crippen molar-refractivity contribution in [1.29, 1.82) is 0 Å². The van der Waals surface area contributed by atoms with Crippen molar-refractivity contribution < 1.29 is 19.2 Å². The number of hydrogen-bond acceptors (Lipinski definition) is 5. The Balaban J connectivity index is 2.21. The first-order valence-electron chi connectivity index (χ1n) is 5.63. The van der Waals surface area contributed by atoms with E-state index in [0.717, 1.165) is 0 Å². The number of carbonyl (C=O) groups is 2. The van der Waals surface area contributed by atoms with Crippen molar-refractivity contribution in [3.05, 3.63) is 40.1 Å². The van der Waals surface area contributed by atoms with Gasteiger partial charge in [-0.1, -0.05) is 0 Å². The van der Waals surface area contributed by atoms with Crippen molar-refractivity contribution in [1.82, 2.24) is 10.3 Å². The van der Waals surface area contributed by atoms with Crippen LogP contribution in [0.5, 0.6) is 0 Å². The number of carbonyl (C=O) groups excluding carboxylic acids is 2. The van der Waals surface area contributed by atoms with Crippen LogP contribution >= 0.6 is 0 Å². The molecule has 0 spiro atoms. The fourth-order valence-electron chi connectivity index (χ4n) is 1.67. The first-order valence-corrected chi connectivity index (χ1v) is 5.63. The van der Waals surface area contributed by atoms with Gasteiger partial charge in [0.2, 0.25) is 0 Å². The third-order valence-corrected chi connectivity index (χ3v) is 2.68. The number of nitro groups is 1. The van der Waals surface area contributed by atoms with Crippen LogP contribution in [0.1, 0.15) is 10.5 Å². The number of benzene rings is 1. The number of methoxy groups -OCH3 is 1. The van der Waals surface area contributed by atoms with Gasteiger partial charge < -0.3 is 15.0 Å². The second kappa shape index (κ2) is 5.39. The normalized spacial score (nSPS) is 10.2. The van der Waals surface area contributed by atoms with Crippen LogP contribution in [0.3, 0.4) is 0 Å². The maximum atomic E-state index is 11.8. The number of aromatic nitrogens is 1. The van der Waals surface area contributed by atoms with E-state index in [9.17, 15) is 19.7 Å². The number of H-pyrrole nitrogens is 1. The second-order valence-corrected chi connectivity index (χ2v) is 3.97. The Morgan fingerprint density at radius 1 is 1.40 bits per heavy atom. The molecule has 8 nitrogen and oxygen atoms in total. The maximum absolute atomic E-state index is 11.8. The third-order valence-electron chi connectivity index (χ3n) is 2.68. The number of non-ortho nitro benzene ring substituents is 1. The Bertz CT molecular complexity index is 691. The average Bonchev–Trinajstić information content (AvgIpc) is 2.87. The van der Waals surface area contributed by atoms with Gasteiger partial charge in [-0.05, 0) is 12.1 Å². The third kappa shape index (κ3) is 2.74. The van der Waals surface area contributed by atoms with Crippen LogP contribution in [0, 0.1) is 10.1 Å². The van der Waals surface area contributed by atoms with Gasteiger partial charge in [0.15, 0.2) is 0 Å². The van der Waals surface area contributed by atoms with Gasteiger partial charge in [-0.25, -0.2) is 0 Å². The average molecular weight is 277 g/mol. The lowest BCUT2D eigenvalue weighted by Gasteiger charge is -2.01. The van der Waals surface area contributed by atoms with Crippen LogP contribution in [0.15, 0.2) is 24.3 Å². The summed E-state index contributed by atoms with van der Waals surface area (Å²) in [4.78, 5) is 35.6. The van der Waals surface area contributed by atoms with E-state index in [1.165, 1.54) is 19.2 Å². The number of nitro benzene ring substituents is 1. The fraction of sp³-hybridized carbons (Fsp3) is 0.167. The highest BCUT2D eigenvalue weighted by Gasteiger charge is 2.13. The topological polar surface area (TPSA) is 114 Å². The van der Waals surface area contributed by atoms with Gasteiger partial charge in [-0.15, -0.1) is 0 Å².